The Labute approximate surface area is 84.4 Å². The number of nitrogens with two attached hydrogens (primary N) is 1. The van der Waals surface area contributed by atoms with Gasteiger partial charge in [-0.15, -0.1) is 0 Å². The Morgan fingerprint density at radius 2 is 2.00 bits per heavy atom. The molecule has 1 amide bonds. The van der Waals surface area contributed by atoms with Gasteiger partial charge in [-0.25, -0.2) is 0 Å². The molecule has 1 rings (SSSR count). The SMILES string of the molecule is NC(=O)CCC/C=C/c1ccccc1. The quantitative estimate of drug-likeness (QED) is 0.710. The Balaban J connectivity index is 2.25. The number of carbonyl (C=O) groups excluding carboxylic acids is 1. The zero-order valence-electron chi connectivity index (χ0n) is 8.15. The lowest BCUT2D eigenvalue weighted by Gasteiger charge is -1.92. The molecular formula is C12H15NO. The Kier molecular flexibility index (Phi) is 4.48. The van der Waals surface area contributed by atoms with Crippen molar-refractivity contribution < 1.29 is 4.79 Å². The van der Waals surface area contributed by atoms with Crippen LogP contribution in [-0.4, -0.2) is 5.91 Å². The van der Waals surface area contributed by atoms with Crippen LogP contribution in [0.3, 0.4) is 0 Å². The molecule has 0 bridgehead atoms. The number of allylic oxidation sites excluding steroid dienone is 1. The zero-order valence-corrected chi connectivity index (χ0v) is 8.15. The van der Waals surface area contributed by atoms with Crippen molar-refractivity contribution >= 4 is 12.0 Å². The molecule has 1 aromatic rings. The summed E-state index contributed by atoms with van der Waals surface area (Å²) in [6.45, 7) is 0. The van der Waals surface area contributed by atoms with Gasteiger partial charge in [0.25, 0.3) is 0 Å². The van der Waals surface area contributed by atoms with Gasteiger partial charge in [-0.1, -0.05) is 42.5 Å². The van der Waals surface area contributed by atoms with Crippen LogP contribution in [0.2, 0.25) is 0 Å². The molecule has 0 saturated carbocycles. The number of unbranched alkanes of at least 4 members (excludes halogenated alkanes) is 1. The lowest BCUT2D eigenvalue weighted by Crippen LogP contribution is -2.09. The second kappa shape index (κ2) is 5.97. The van der Waals surface area contributed by atoms with Gasteiger partial charge >= 0.3 is 0 Å². The van der Waals surface area contributed by atoms with Crippen molar-refractivity contribution in [1.82, 2.24) is 0 Å². The van der Waals surface area contributed by atoms with Crippen LogP contribution >= 0.6 is 0 Å². The van der Waals surface area contributed by atoms with Crippen LogP contribution in [0.4, 0.5) is 0 Å². The number of benzene rings is 1. The number of primary amides is 1. The van der Waals surface area contributed by atoms with Crippen LogP contribution in [0.1, 0.15) is 24.8 Å². The molecule has 0 atom stereocenters. The summed E-state index contributed by atoms with van der Waals surface area (Å²) in [5.74, 6) is -0.224. The van der Waals surface area contributed by atoms with Gasteiger partial charge in [-0.05, 0) is 18.4 Å². The van der Waals surface area contributed by atoms with E-state index < -0.39 is 0 Å². The van der Waals surface area contributed by atoms with Gasteiger partial charge in [0.05, 0.1) is 0 Å². The van der Waals surface area contributed by atoms with Crippen LogP contribution < -0.4 is 5.73 Å². The summed E-state index contributed by atoms with van der Waals surface area (Å²) in [5.41, 5.74) is 6.21. The van der Waals surface area contributed by atoms with Crippen LogP contribution in [-0.2, 0) is 4.79 Å². The van der Waals surface area contributed by atoms with E-state index in [2.05, 4.69) is 12.2 Å². The summed E-state index contributed by atoms with van der Waals surface area (Å²) in [6, 6.07) is 10.1. The summed E-state index contributed by atoms with van der Waals surface area (Å²) in [4.78, 5) is 10.4. The van der Waals surface area contributed by atoms with Gasteiger partial charge in [-0.2, -0.15) is 0 Å². The monoisotopic (exact) mass is 189 g/mol. The van der Waals surface area contributed by atoms with E-state index in [0.717, 1.165) is 12.8 Å². The average molecular weight is 189 g/mol. The molecule has 0 aliphatic rings. The molecule has 0 fully saturated rings. The molecule has 2 heteroatoms. The highest BCUT2D eigenvalue weighted by molar-refractivity contribution is 5.73. The predicted octanol–water partition coefficient (Wildman–Crippen LogP) is 2.36. The second-order valence-electron chi connectivity index (χ2n) is 3.17. The maximum atomic E-state index is 10.4. The molecular weight excluding hydrogens is 174 g/mol. The van der Waals surface area contributed by atoms with Crippen molar-refractivity contribution in [3.63, 3.8) is 0 Å². The summed E-state index contributed by atoms with van der Waals surface area (Å²) in [6.07, 6.45) is 6.33. The van der Waals surface area contributed by atoms with E-state index in [9.17, 15) is 4.79 Å². The summed E-state index contributed by atoms with van der Waals surface area (Å²) < 4.78 is 0. The topological polar surface area (TPSA) is 43.1 Å². The molecule has 2 nitrogen and oxygen atoms in total. The van der Waals surface area contributed by atoms with Crippen LogP contribution in [0.15, 0.2) is 36.4 Å². The smallest absolute Gasteiger partial charge is 0.217 e. The Morgan fingerprint density at radius 3 is 2.64 bits per heavy atom. The lowest BCUT2D eigenvalue weighted by molar-refractivity contribution is -0.118. The van der Waals surface area contributed by atoms with Gasteiger partial charge in [0.1, 0.15) is 0 Å². The Bertz CT molecular complexity index is 303. The summed E-state index contributed by atoms with van der Waals surface area (Å²) in [7, 11) is 0. The van der Waals surface area contributed by atoms with Crippen molar-refractivity contribution in [2.75, 3.05) is 0 Å². The molecule has 0 saturated heterocycles. The van der Waals surface area contributed by atoms with Crippen molar-refractivity contribution in [3.8, 4) is 0 Å². The van der Waals surface area contributed by atoms with Crippen LogP contribution in [0.5, 0.6) is 0 Å². The van der Waals surface area contributed by atoms with E-state index in [0.29, 0.717) is 6.42 Å². The average Bonchev–Trinajstić information content (AvgIpc) is 2.18. The highest BCUT2D eigenvalue weighted by Gasteiger charge is 1.90. The van der Waals surface area contributed by atoms with Gasteiger partial charge in [0.2, 0.25) is 5.91 Å². The van der Waals surface area contributed by atoms with E-state index in [1.54, 1.807) is 0 Å². The van der Waals surface area contributed by atoms with Crippen molar-refractivity contribution in [3.05, 3.63) is 42.0 Å². The van der Waals surface area contributed by atoms with Crippen molar-refractivity contribution in [1.29, 1.82) is 0 Å². The first-order chi connectivity index (χ1) is 6.79. The first-order valence-electron chi connectivity index (χ1n) is 4.79. The molecule has 1 aromatic carbocycles. The maximum Gasteiger partial charge on any atom is 0.217 e. The standard InChI is InChI=1S/C12H15NO/c13-12(14)10-6-2-5-9-11-7-3-1-4-8-11/h1,3-5,7-9H,2,6,10H2,(H2,13,14)/b9-5+. The van der Waals surface area contributed by atoms with E-state index in [-0.39, 0.29) is 5.91 Å². The molecule has 0 spiro atoms. The molecule has 74 valence electrons. The first-order valence-corrected chi connectivity index (χ1v) is 4.79. The van der Waals surface area contributed by atoms with E-state index in [1.807, 2.05) is 30.3 Å². The zero-order chi connectivity index (χ0) is 10.2. The second-order valence-corrected chi connectivity index (χ2v) is 3.17. The van der Waals surface area contributed by atoms with Crippen LogP contribution in [0.25, 0.3) is 6.08 Å². The third kappa shape index (κ3) is 4.45. The molecule has 14 heavy (non-hydrogen) atoms. The number of hydrogen-bond acceptors (Lipinski definition) is 1. The lowest BCUT2D eigenvalue weighted by atomic mass is 10.1. The predicted molar refractivity (Wildman–Crippen MR) is 58.5 cm³/mol. The van der Waals surface area contributed by atoms with E-state index in [4.69, 9.17) is 5.73 Å². The fourth-order valence-corrected chi connectivity index (χ4v) is 1.18. The third-order valence-corrected chi connectivity index (χ3v) is 1.90. The molecule has 0 aliphatic carbocycles. The van der Waals surface area contributed by atoms with Gasteiger partial charge in [0.15, 0.2) is 0 Å². The minimum atomic E-state index is -0.224. The number of carbonyl (C=O) groups is 1. The maximum absolute atomic E-state index is 10.4. The highest BCUT2D eigenvalue weighted by atomic mass is 16.1. The van der Waals surface area contributed by atoms with Gasteiger partial charge in [-0.3, -0.25) is 4.79 Å². The van der Waals surface area contributed by atoms with Crippen molar-refractivity contribution in [2.45, 2.75) is 19.3 Å². The molecule has 0 aromatic heterocycles. The Hall–Kier alpha value is -1.57. The normalized spacial score (nSPS) is 10.6. The Morgan fingerprint density at radius 1 is 1.29 bits per heavy atom. The highest BCUT2D eigenvalue weighted by Crippen LogP contribution is 2.03. The molecule has 2 N–H and O–H groups in total. The van der Waals surface area contributed by atoms with Gasteiger partial charge in [0, 0.05) is 6.42 Å². The van der Waals surface area contributed by atoms with Crippen molar-refractivity contribution in [2.24, 2.45) is 5.73 Å². The number of hydrogen-bond donors (Lipinski definition) is 1. The first kappa shape index (κ1) is 10.5. The number of amides is 1. The minimum absolute atomic E-state index is 0.224. The van der Waals surface area contributed by atoms with Crippen LogP contribution in [0, 0.1) is 0 Å². The molecule has 0 heterocycles. The van der Waals surface area contributed by atoms with Gasteiger partial charge < -0.3 is 5.73 Å². The molecule has 0 radical (unpaired) electrons. The summed E-state index contributed by atoms with van der Waals surface area (Å²) >= 11 is 0. The third-order valence-electron chi connectivity index (χ3n) is 1.90. The minimum Gasteiger partial charge on any atom is -0.370 e. The molecule has 0 unspecified atom stereocenters. The largest absolute Gasteiger partial charge is 0.370 e. The molecule has 0 aliphatic heterocycles. The number of rotatable bonds is 5. The van der Waals surface area contributed by atoms with E-state index in [1.165, 1.54) is 5.56 Å². The van der Waals surface area contributed by atoms with E-state index >= 15 is 0 Å². The fourth-order valence-electron chi connectivity index (χ4n) is 1.18. The summed E-state index contributed by atoms with van der Waals surface area (Å²) in [5, 5.41) is 0. The fraction of sp³-hybridized carbons (Fsp3) is 0.250.